The number of para-hydroxylation sites is 1. The minimum Gasteiger partial charge on any atom is -0.426 e. The van der Waals surface area contributed by atoms with Gasteiger partial charge in [-0.1, -0.05) is 42.5 Å². The van der Waals surface area contributed by atoms with E-state index in [4.69, 9.17) is 9.47 Å². The third-order valence-electron chi connectivity index (χ3n) is 2.84. The average Bonchev–Trinajstić information content (AvgIpc) is 2.40. The van der Waals surface area contributed by atoms with Gasteiger partial charge in [-0.3, -0.25) is 0 Å². The van der Waals surface area contributed by atoms with Gasteiger partial charge in [0.15, 0.2) is 0 Å². The summed E-state index contributed by atoms with van der Waals surface area (Å²) in [6, 6.07) is 16.7. The minimum atomic E-state index is -0.693. The molecule has 0 amide bonds. The van der Waals surface area contributed by atoms with E-state index in [1.807, 2.05) is 44.2 Å². The number of hydrogen-bond acceptors (Lipinski definition) is 3. The molecule has 0 spiro atoms. The van der Waals surface area contributed by atoms with Crippen LogP contribution < -0.4 is 4.74 Å². The topological polar surface area (TPSA) is 35.5 Å². The van der Waals surface area contributed by atoms with E-state index < -0.39 is 6.16 Å². The first-order valence-electron chi connectivity index (χ1n) is 6.16. The summed E-state index contributed by atoms with van der Waals surface area (Å²) in [7, 11) is 0. The van der Waals surface area contributed by atoms with E-state index in [2.05, 4.69) is 0 Å². The quantitative estimate of drug-likeness (QED) is 0.607. The van der Waals surface area contributed by atoms with Crippen LogP contribution in [0.25, 0.3) is 0 Å². The summed E-state index contributed by atoms with van der Waals surface area (Å²) in [6.07, 6.45) is -1.03. The molecule has 1 unspecified atom stereocenters. The van der Waals surface area contributed by atoms with Crippen molar-refractivity contribution in [1.82, 2.24) is 0 Å². The lowest BCUT2D eigenvalue weighted by molar-refractivity contribution is 0.0653. The highest BCUT2D eigenvalue weighted by molar-refractivity contribution is 5.64. The number of ether oxygens (including phenoxy) is 2. The number of carbonyl (C=O) groups is 1. The molecule has 0 fully saturated rings. The summed E-state index contributed by atoms with van der Waals surface area (Å²) in [4.78, 5) is 11.7. The molecule has 0 radical (unpaired) electrons. The number of benzene rings is 2. The fourth-order valence-electron chi connectivity index (χ4n) is 1.86. The monoisotopic (exact) mass is 256 g/mol. The standard InChI is InChI=1S/C16H16O3/c1-12-8-6-7-11-15(12)13(2)18-16(17)19-14-9-4-3-5-10-14/h3-11,13H,1-2H3. The van der Waals surface area contributed by atoms with E-state index in [0.29, 0.717) is 5.75 Å². The number of rotatable bonds is 3. The first-order chi connectivity index (χ1) is 9.16. The Morgan fingerprint density at radius 2 is 1.63 bits per heavy atom. The van der Waals surface area contributed by atoms with Crippen LogP contribution in [0.15, 0.2) is 54.6 Å². The van der Waals surface area contributed by atoms with Gasteiger partial charge in [0.05, 0.1) is 0 Å². The molecule has 2 aromatic carbocycles. The molecule has 0 aliphatic heterocycles. The van der Waals surface area contributed by atoms with Gasteiger partial charge in [-0.2, -0.15) is 0 Å². The number of aryl methyl sites for hydroxylation is 1. The van der Waals surface area contributed by atoms with Gasteiger partial charge in [-0.15, -0.1) is 0 Å². The minimum absolute atomic E-state index is 0.336. The summed E-state index contributed by atoms with van der Waals surface area (Å²) >= 11 is 0. The van der Waals surface area contributed by atoms with Crippen LogP contribution in [-0.4, -0.2) is 6.16 Å². The van der Waals surface area contributed by atoms with Crippen molar-refractivity contribution in [3.63, 3.8) is 0 Å². The van der Waals surface area contributed by atoms with Crippen LogP contribution in [0.3, 0.4) is 0 Å². The molecule has 3 nitrogen and oxygen atoms in total. The third-order valence-corrected chi connectivity index (χ3v) is 2.84. The van der Waals surface area contributed by atoms with E-state index in [-0.39, 0.29) is 6.10 Å². The molecular formula is C16H16O3. The SMILES string of the molecule is Cc1ccccc1C(C)OC(=O)Oc1ccccc1. The average molecular weight is 256 g/mol. The van der Waals surface area contributed by atoms with Crippen molar-refractivity contribution in [1.29, 1.82) is 0 Å². The van der Waals surface area contributed by atoms with Gasteiger partial charge in [0.1, 0.15) is 11.9 Å². The van der Waals surface area contributed by atoms with Crippen LogP contribution in [0.1, 0.15) is 24.2 Å². The van der Waals surface area contributed by atoms with E-state index >= 15 is 0 Å². The van der Waals surface area contributed by atoms with Gasteiger partial charge in [-0.05, 0) is 37.1 Å². The molecule has 0 aliphatic rings. The Hall–Kier alpha value is -2.29. The molecular weight excluding hydrogens is 240 g/mol. The highest BCUT2D eigenvalue weighted by Gasteiger charge is 2.14. The first kappa shape index (κ1) is 13.1. The van der Waals surface area contributed by atoms with Crippen molar-refractivity contribution in [3.8, 4) is 5.75 Å². The second kappa shape index (κ2) is 6.05. The lowest BCUT2D eigenvalue weighted by atomic mass is 10.1. The fraction of sp³-hybridized carbons (Fsp3) is 0.188. The number of carbonyl (C=O) groups excluding carboxylic acids is 1. The maximum Gasteiger partial charge on any atom is 0.514 e. The van der Waals surface area contributed by atoms with E-state index in [0.717, 1.165) is 11.1 Å². The molecule has 0 N–H and O–H groups in total. The third kappa shape index (κ3) is 3.58. The van der Waals surface area contributed by atoms with Crippen LogP contribution in [0.5, 0.6) is 5.75 Å². The predicted molar refractivity (Wildman–Crippen MR) is 73.1 cm³/mol. The first-order valence-corrected chi connectivity index (χ1v) is 6.16. The lowest BCUT2D eigenvalue weighted by Crippen LogP contribution is -2.14. The van der Waals surface area contributed by atoms with Gasteiger partial charge in [0, 0.05) is 0 Å². The van der Waals surface area contributed by atoms with Crippen LogP contribution in [0.2, 0.25) is 0 Å². The molecule has 98 valence electrons. The molecule has 0 aliphatic carbocycles. The Morgan fingerprint density at radius 1 is 1.00 bits per heavy atom. The molecule has 19 heavy (non-hydrogen) atoms. The summed E-state index contributed by atoms with van der Waals surface area (Å²) in [5, 5.41) is 0. The Morgan fingerprint density at radius 3 is 2.32 bits per heavy atom. The number of hydrogen-bond donors (Lipinski definition) is 0. The Bertz CT molecular complexity index is 549. The van der Waals surface area contributed by atoms with Crippen molar-refractivity contribution in [2.24, 2.45) is 0 Å². The molecule has 1 atom stereocenters. The molecule has 3 heteroatoms. The zero-order chi connectivity index (χ0) is 13.7. The molecule has 0 heterocycles. The summed E-state index contributed by atoms with van der Waals surface area (Å²) in [5.41, 5.74) is 2.06. The van der Waals surface area contributed by atoms with Crippen LogP contribution in [0, 0.1) is 6.92 Å². The smallest absolute Gasteiger partial charge is 0.426 e. The van der Waals surface area contributed by atoms with Crippen LogP contribution in [0.4, 0.5) is 4.79 Å². The normalized spacial score (nSPS) is 11.7. The van der Waals surface area contributed by atoms with Crippen molar-refractivity contribution in [2.75, 3.05) is 0 Å². The maximum absolute atomic E-state index is 11.7. The van der Waals surface area contributed by atoms with Gasteiger partial charge < -0.3 is 9.47 Å². The molecule has 0 saturated carbocycles. The molecule has 0 saturated heterocycles. The van der Waals surface area contributed by atoms with Crippen molar-refractivity contribution in [3.05, 3.63) is 65.7 Å². The maximum atomic E-state index is 11.7. The fourth-order valence-corrected chi connectivity index (χ4v) is 1.86. The van der Waals surface area contributed by atoms with E-state index in [1.54, 1.807) is 24.3 Å². The van der Waals surface area contributed by atoms with Gasteiger partial charge in [0.2, 0.25) is 0 Å². The van der Waals surface area contributed by atoms with Crippen molar-refractivity contribution in [2.45, 2.75) is 20.0 Å². The van der Waals surface area contributed by atoms with Gasteiger partial charge in [-0.25, -0.2) is 4.79 Å². The van der Waals surface area contributed by atoms with E-state index in [1.165, 1.54) is 0 Å². The van der Waals surface area contributed by atoms with Crippen molar-refractivity contribution >= 4 is 6.16 Å². The Kier molecular flexibility index (Phi) is 4.18. The van der Waals surface area contributed by atoms with E-state index in [9.17, 15) is 4.79 Å². The van der Waals surface area contributed by atoms with Crippen LogP contribution in [-0.2, 0) is 4.74 Å². The van der Waals surface area contributed by atoms with Gasteiger partial charge >= 0.3 is 6.16 Å². The largest absolute Gasteiger partial charge is 0.514 e. The highest BCUT2D eigenvalue weighted by Crippen LogP contribution is 2.21. The Labute approximate surface area is 112 Å². The van der Waals surface area contributed by atoms with Crippen LogP contribution >= 0.6 is 0 Å². The highest BCUT2D eigenvalue weighted by atomic mass is 16.7. The second-order valence-electron chi connectivity index (χ2n) is 4.28. The molecule has 2 rings (SSSR count). The predicted octanol–water partition coefficient (Wildman–Crippen LogP) is 4.27. The molecule has 0 bridgehead atoms. The zero-order valence-electron chi connectivity index (χ0n) is 11.0. The second-order valence-corrected chi connectivity index (χ2v) is 4.28. The summed E-state index contributed by atoms with van der Waals surface area (Å²) in [6.45, 7) is 3.81. The Balaban J connectivity index is 1.98. The summed E-state index contributed by atoms with van der Waals surface area (Å²) in [5.74, 6) is 0.476. The zero-order valence-corrected chi connectivity index (χ0v) is 11.0. The lowest BCUT2D eigenvalue weighted by Gasteiger charge is -2.15. The summed E-state index contributed by atoms with van der Waals surface area (Å²) < 4.78 is 10.3. The van der Waals surface area contributed by atoms with Gasteiger partial charge in [0.25, 0.3) is 0 Å². The molecule has 0 aromatic heterocycles. The molecule has 2 aromatic rings. The van der Waals surface area contributed by atoms with Crippen molar-refractivity contribution < 1.29 is 14.3 Å².